The molecule has 1 aliphatic heterocycles. The van der Waals surface area contributed by atoms with Gasteiger partial charge in [0.05, 0.1) is 25.4 Å². The highest BCUT2D eigenvalue weighted by Crippen LogP contribution is 2.23. The molecule has 0 aromatic carbocycles. The average molecular weight is 1250 g/mol. The van der Waals surface area contributed by atoms with E-state index in [1.54, 1.807) is 6.08 Å². The van der Waals surface area contributed by atoms with Crippen LogP contribution in [0.2, 0.25) is 0 Å². The van der Waals surface area contributed by atoms with Crippen LogP contribution in [0.3, 0.4) is 0 Å². The monoisotopic (exact) mass is 1250 g/mol. The summed E-state index contributed by atoms with van der Waals surface area (Å²) in [6.45, 7) is 3.68. The summed E-state index contributed by atoms with van der Waals surface area (Å²) in [6, 6.07) is -0.832. The minimum Gasteiger partial charge on any atom is -0.394 e. The van der Waals surface area contributed by atoms with Gasteiger partial charge in [0.15, 0.2) is 6.29 Å². The van der Waals surface area contributed by atoms with E-state index in [2.05, 4.69) is 104 Å². The van der Waals surface area contributed by atoms with Crippen molar-refractivity contribution in [3.8, 4) is 0 Å². The summed E-state index contributed by atoms with van der Waals surface area (Å²) < 4.78 is 11.3. The highest BCUT2D eigenvalue weighted by molar-refractivity contribution is 5.76. The summed E-state index contributed by atoms with van der Waals surface area (Å²) in [5.41, 5.74) is 0. The summed E-state index contributed by atoms with van der Waals surface area (Å²) in [6.07, 6.45) is 92.6. The fourth-order valence-electron chi connectivity index (χ4n) is 11.7. The van der Waals surface area contributed by atoms with Gasteiger partial charge >= 0.3 is 0 Å². The topological polar surface area (TPSA) is 149 Å². The van der Waals surface area contributed by atoms with E-state index < -0.39 is 49.5 Å². The first-order valence-electron chi connectivity index (χ1n) is 38.0. The molecule has 0 aliphatic carbocycles. The van der Waals surface area contributed by atoms with Gasteiger partial charge in [-0.15, -0.1) is 0 Å². The van der Waals surface area contributed by atoms with Crippen molar-refractivity contribution in [3.05, 3.63) is 97.2 Å². The minimum absolute atomic E-state index is 0.186. The Labute approximate surface area is 549 Å². The first-order chi connectivity index (χ1) is 43.8. The number of ether oxygens (including phenoxy) is 2. The molecular formula is C80H143NO8. The zero-order valence-corrected chi connectivity index (χ0v) is 57.9. The van der Waals surface area contributed by atoms with E-state index in [0.717, 1.165) is 77.0 Å². The van der Waals surface area contributed by atoms with Crippen LogP contribution in [0.15, 0.2) is 97.2 Å². The highest BCUT2D eigenvalue weighted by atomic mass is 16.7. The van der Waals surface area contributed by atoms with Crippen LogP contribution < -0.4 is 5.32 Å². The molecule has 9 nitrogen and oxygen atoms in total. The second kappa shape index (κ2) is 68.0. The van der Waals surface area contributed by atoms with Crippen molar-refractivity contribution in [1.29, 1.82) is 0 Å². The summed E-state index contributed by atoms with van der Waals surface area (Å²) in [5.74, 6) is -0.186. The average Bonchev–Trinajstić information content (AvgIpc) is 2.59. The van der Waals surface area contributed by atoms with Crippen molar-refractivity contribution >= 4 is 5.91 Å². The first kappa shape index (κ1) is 84.1. The number of carbonyl (C=O) groups excluding carboxylic acids is 1. The van der Waals surface area contributed by atoms with Crippen molar-refractivity contribution < 1.29 is 39.8 Å². The van der Waals surface area contributed by atoms with Crippen molar-refractivity contribution in [3.63, 3.8) is 0 Å². The van der Waals surface area contributed by atoms with Gasteiger partial charge in [0.1, 0.15) is 24.4 Å². The Hall–Kier alpha value is -2.89. The molecule has 7 unspecified atom stereocenters. The number of carbonyl (C=O) groups is 1. The molecule has 0 radical (unpaired) electrons. The van der Waals surface area contributed by atoms with Gasteiger partial charge in [-0.1, -0.05) is 349 Å². The van der Waals surface area contributed by atoms with Gasteiger partial charge in [0.2, 0.25) is 5.91 Å². The van der Waals surface area contributed by atoms with E-state index in [1.165, 1.54) is 250 Å². The summed E-state index contributed by atoms with van der Waals surface area (Å²) in [4.78, 5) is 13.1. The molecule has 1 aliphatic rings. The van der Waals surface area contributed by atoms with E-state index in [9.17, 15) is 30.3 Å². The summed E-state index contributed by atoms with van der Waals surface area (Å²) in [7, 11) is 0. The molecule has 516 valence electrons. The second-order valence-corrected chi connectivity index (χ2v) is 26.0. The molecule has 6 N–H and O–H groups in total. The number of hydrogen-bond donors (Lipinski definition) is 6. The van der Waals surface area contributed by atoms with E-state index in [-0.39, 0.29) is 12.5 Å². The summed E-state index contributed by atoms with van der Waals surface area (Å²) >= 11 is 0. The molecule has 0 saturated carbocycles. The zero-order valence-electron chi connectivity index (χ0n) is 57.9. The molecule has 1 rings (SSSR count). The molecule has 89 heavy (non-hydrogen) atoms. The zero-order chi connectivity index (χ0) is 64.2. The lowest BCUT2D eigenvalue weighted by molar-refractivity contribution is -0.302. The molecule has 0 spiro atoms. The Kier molecular flexibility index (Phi) is 64.3. The van der Waals surface area contributed by atoms with Crippen LogP contribution in [-0.2, 0) is 14.3 Å². The maximum Gasteiger partial charge on any atom is 0.220 e. The second-order valence-electron chi connectivity index (χ2n) is 26.0. The molecule has 1 fully saturated rings. The van der Waals surface area contributed by atoms with Crippen molar-refractivity contribution in [2.75, 3.05) is 13.2 Å². The Bertz CT molecular complexity index is 1730. The molecular weight excluding hydrogens is 1100 g/mol. The number of unbranched alkanes of at least 4 members (excludes halogenated alkanes) is 42. The Morgan fingerprint density at radius 2 is 0.708 bits per heavy atom. The normalized spacial score (nSPS) is 18.4. The first-order valence-corrected chi connectivity index (χ1v) is 38.0. The number of allylic oxidation sites excluding steroid dienone is 15. The van der Waals surface area contributed by atoms with Crippen LogP contribution in [0.1, 0.15) is 348 Å². The lowest BCUT2D eigenvalue weighted by Gasteiger charge is -2.40. The fourth-order valence-corrected chi connectivity index (χ4v) is 11.7. The Balaban J connectivity index is 2.08. The molecule has 0 bridgehead atoms. The van der Waals surface area contributed by atoms with Gasteiger partial charge in [0, 0.05) is 6.42 Å². The van der Waals surface area contributed by atoms with Crippen molar-refractivity contribution in [2.45, 2.75) is 391 Å². The SMILES string of the molecule is CC/C=C\C/C=C\C/C=C\C/C=C\C/C=C\CCCCCCCCCCCCCCCCCCCCCCCCCCCC(=O)NC(COC1OC(CO)C(O)C(O)C1O)C(O)/C=C/CC/C=C/CC/C=C/CCCCCCCCCCCCCCCCC. The highest BCUT2D eigenvalue weighted by Gasteiger charge is 2.44. The third-order valence-electron chi connectivity index (χ3n) is 17.6. The number of amides is 1. The molecule has 1 amide bonds. The number of nitrogens with one attached hydrogen (secondary N) is 1. The lowest BCUT2D eigenvalue weighted by atomic mass is 9.99. The van der Waals surface area contributed by atoms with Gasteiger partial charge in [0.25, 0.3) is 0 Å². The smallest absolute Gasteiger partial charge is 0.220 e. The van der Waals surface area contributed by atoms with Gasteiger partial charge in [-0.2, -0.15) is 0 Å². The molecule has 0 aromatic heterocycles. The molecule has 1 saturated heterocycles. The maximum absolute atomic E-state index is 13.1. The van der Waals surface area contributed by atoms with Crippen LogP contribution in [0.25, 0.3) is 0 Å². The molecule has 9 heteroatoms. The van der Waals surface area contributed by atoms with Crippen LogP contribution >= 0.6 is 0 Å². The largest absolute Gasteiger partial charge is 0.394 e. The predicted octanol–water partition coefficient (Wildman–Crippen LogP) is 21.4. The Morgan fingerprint density at radius 1 is 0.393 bits per heavy atom. The van der Waals surface area contributed by atoms with Crippen LogP contribution in [0.5, 0.6) is 0 Å². The van der Waals surface area contributed by atoms with Gasteiger partial charge in [-0.05, 0) is 89.9 Å². The molecule has 0 aromatic rings. The summed E-state index contributed by atoms with van der Waals surface area (Å²) in [5, 5.41) is 54.8. The maximum atomic E-state index is 13.1. The fraction of sp³-hybridized carbons (Fsp3) is 0.787. The van der Waals surface area contributed by atoms with E-state index in [1.807, 2.05) is 6.08 Å². The van der Waals surface area contributed by atoms with Gasteiger partial charge in [-0.3, -0.25) is 4.79 Å². The van der Waals surface area contributed by atoms with Crippen LogP contribution in [0.4, 0.5) is 0 Å². The standard InChI is InChI=1S/C80H143NO8/c1-3-5-7-9-11-13-15-17-19-21-23-25-27-29-30-31-32-33-34-35-36-37-38-39-40-41-42-43-44-46-48-50-52-54-56-58-60-62-64-66-68-70-76(84)81-73(72-88-80-79(87)78(86)77(85)75(71-82)89-80)74(83)69-67-65-63-61-59-57-55-53-51-49-47-45-28-26-24-22-20-18-16-14-12-10-8-6-4-2/h5,7,11,13,17,19,23,25,29-30,51,53,59,61,67,69,73-75,77-80,82-83,85-87H,3-4,6,8-10,12,14-16,18,20-22,24,26-28,31-50,52,54-58,60,62-66,68,70-72H2,1-2H3,(H,81,84)/b7-5-,13-11-,19-17-,25-23-,30-29-,53-51+,61-59+,69-67+. The van der Waals surface area contributed by atoms with E-state index >= 15 is 0 Å². The molecule has 7 atom stereocenters. The quantitative estimate of drug-likeness (QED) is 0.0261. The number of rotatable bonds is 66. The Morgan fingerprint density at radius 3 is 1.08 bits per heavy atom. The van der Waals surface area contributed by atoms with Gasteiger partial charge in [-0.25, -0.2) is 0 Å². The van der Waals surface area contributed by atoms with E-state index in [0.29, 0.717) is 6.42 Å². The lowest BCUT2D eigenvalue weighted by Crippen LogP contribution is -2.60. The predicted molar refractivity (Wildman–Crippen MR) is 382 cm³/mol. The van der Waals surface area contributed by atoms with Gasteiger partial charge < -0.3 is 40.3 Å². The minimum atomic E-state index is -1.58. The van der Waals surface area contributed by atoms with Crippen molar-refractivity contribution in [1.82, 2.24) is 5.32 Å². The molecule has 1 heterocycles. The number of hydrogen-bond acceptors (Lipinski definition) is 8. The number of aliphatic hydroxyl groups is 5. The van der Waals surface area contributed by atoms with Crippen molar-refractivity contribution in [2.24, 2.45) is 0 Å². The number of aliphatic hydroxyl groups excluding tert-OH is 5. The van der Waals surface area contributed by atoms with Crippen LogP contribution in [-0.4, -0.2) is 87.5 Å². The third-order valence-corrected chi connectivity index (χ3v) is 17.6. The van der Waals surface area contributed by atoms with E-state index in [4.69, 9.17) is 9.47 Å². The van der Waals surface area contributed by atoms with Crippen LogP contribution in [0, 0.1) is 0 Å². The third kappa shape index (κ3) is 56.4.